The Morgan fingerprint density at radius 3 is 2.69 bits per heavy atom. The summed E-state index contributed by atoms with van der Waals surface area (Å²) in [5.74, 6) is -0.521. The van der Waals surface area contributed by atoms with Gasteiger partial charge < -0.3 is 9.84 Å². The molecular formula is C7H12O5P+. The lowest BCUT2D eigenvalue weighted by Crippen LogP contribution is -2.07. The lowest BCUT2D eigenvalue weighted by Gasteiger charge is -1.98. The summed E-state index contributed by atoms with van der Waals surface area (Å²) >= 11 is 0. The van der Waals surface area contributed by atoms with Gasteiger partial charge in [-0.15, -0.1) is 4.52 Å². The fourth-order valence-corrected chi connectivity index (χ4v) is 0.963. The van der Waals surface area contributed by atoms with E-state index in [2.05, 4.69) is 15.8 Å². The van der Waals surface area contributed by atoms with Crippen LogP contribution in [0.15, 0.2) is 12.2 Å². The van der Waals surface area contributed by atoms with Crippen LogP contribution in [0.4, 0.5) is 0 Å². The molecule has 0 radical (unpaired) electrons. The van der Waals surface area contributed by atoms with Crippen molar-refractivity contribution < 1.29 is 23.7 Å². The van der Waals surface area contributed by atoms with Crippen LogP contribution in [0.3, 0.4) is 0 Å². The van der Waals surface area contributed by atoms with Gasteiger partial charge in [-0.1, -0.05) is 6.58 Å². The highest BCUT2D eigenvalue weighted by Gasteiger charge is 2.17. The molecule has 0 spiro atoms. The standard InChI is InChI=1S/C7H12O5P/c1-6(2)7(9)11-3-4-13(10)12-5-8/h8H,1,3-5H2,2H3/q+1. The average molecular weight is 207 g/mol. The van der Waals surface area contributed by atoms with Crippen LogP contribution in [0.1, 0.15) is 6.92 Å². The van der Waals surface area contributed by atoms with Crippen LogP contribution in [0.25, 0.3) is 0 Å². The Morgan fingerprint density at radius 2 is 2.23 bits per heavy atom. The SMILES string of the molecule is C=C(C)C(=O)OCC[P+](=O)OCO. The Hall–Kier alpha value is -0.770. The maximum atomic E-state index is 10.8. The van der Waals surface area contributed by atoms with E-state index in [0.29, 0.717) is 5.57 Å². The summed E-state index contributed by atoms with van der Waals surface area (Å²) in [6.45, 7) is 4.30. The molecular weight excluding hydrogens is 195 g/mol. The molecule has 1 atom stereocenters. The topological polar surface area (TPSA) is 72.8 Å². The van der Waals surface area contributed by atoms with Crippen molar-refractivity contribution in [3.63, 3.8) is 0 Å². The van der Waals surface area contributed by atoms with Crippen LogP contribution in [-0.2, 0) is 18.6 Å². The first-order chi connectivity index (χ1) is 6.07. The van der Waals surface area contributed by atoms with Gasteiger partial charge in [0.25, 0.3) is 0 Å². The van der Waals surface area contributed by atoms with Gasteiger partial charge in [-0.2, -0.15) is 0 Å². The first-order valence-electron chi connectivity index (χ1n) is 3.59. The van der Waals surface area contributed by atoms with E-state index >= 15 is 0 Å². The number of esters is 1. The molecule has 0 saturated carbocycles. The maximum absolute atomic E-state index is 10.8. The predicted octanol–water partition coefficient (Wildman–Crippen LogP) is 0.814. The van der Waals surface area contributed by atoms with E-state index in [4.69, 9.17) is 5.11 Å². The van der Waals surface area contributed by atoms with Gasteiger partial charge in [0.2, 0.25) is 6.16 Å². The molecule has 5 nitrogen and oxygen atoms in total. The van der Waals surface area contributed by atoms with E-state index in [-0.39, 0.29) is 12.8 Å². The van der Waals surface area contributed by atoms with Crippen LogP contribution in [0, 0.1) is 0 Å². The molecule has 13 heavy (non-hydrogen) atoms. The third kappa shape index (κ3) is 6.40. The van der Waals surface area contributed by atoms with Crippen molar-refractivity contribution in [1.29, 1.82) is 0 Å². The first kappa shape index (κ1) is 12.2. The summed E-state index contributed by atoms with van der Waals surface area (Å²) in [6.07, 6.45) is 0.0783. The Balaban J connectivity index is 3.50. The molecule has 0 aliphatic heterocycles. The summed E-state index contributed by atoms with van der Waals surface area (Å²) in [7, 11) is -1.94. The molecule has 0 bridgehead atoms. The molecule has 0 heterocycles. The number of carbonyl (C=O) groups excluding carboxylic acids is 1. The molecule has 1 N–H and O–H groups in total. The number of aliphatic hydroxyl groups is 1. The van der Waals surface area contributed by atoms with Crippen LogP contribution >= 0.6 is 8.03 Å². The van der Waals surface area contributed by atoms with Gasteiger partial charge in [-0.3, -0.25) is 0 Å². The zero-order chi connectivity index (χ0) is 10.3. The molecule has 6 heteroatoms. The highest BCUT2D eigenvalue weighted by Crippen LogP contribution is 2.20. The van der Waals surface area contributed by atoms with Gasteiger partial charge >= 0.3 is 14.0 Å². The van der Waals surface area contributed by atoms with Gasteiger partial charge in [0.1, 0.15) is 6.61 Å². The molecule has 0 fully saturated rings. The Morgan fingerprint density at radius 1 is 1.62 bits per heavy atom. The van der Waals surface area contributed by atoms with E-state index < -0.39 is 20.8 Å². The van der Waals surface area contributed by atoms with Crippen molar-refractivity contribution in [2.75, 3.05) is 19.6 Å². The molecule has 0 aromatic rings. The van der Waals surface area contributed by atoms with E-state index in [0.717, 1.165) is 0 Å². The van der Waals surface area contributed by atoms with E-state index in [9.17, 15) is 9.36 Å². The first-order valence-corrected chi connectivity index (χ1v) is 4.95. The Labute approximate surface area is 77.2 Å². The normalized spacial score (nSPS) is 10.8. The molecule has 0 rings (SSSR count). The highest BCUT2D eigenvalue weighted by molar-refractivity contribution is 7.39. The number of hydrogen-bond donors (Lipinski definition) is 1. The molecule has 0 aliphatic rings. The predicted molar refractivity (Wildman–Crippen MR) is 46.4 cm³/mol. The molecule has 0 saturated heterocycles. The number of carbonyl (C=O) groups is 1. The fourth-order valence-electron chi connectivity index (χ4n) is 0.465. The third-order valence-corrected chi connectivity index (χ3v) is 2.01. The minimum atomic E-state index is -1.94. The van der Waals surface area contributed by atoms with E-state index in [1.807, 2.05) is 0 Å². The van der Waals surface area contributed by atoms with Gasteiger partial charge in [0, 0.05) is 5.57 Å². The van der Waals surface area contributed by atoms with Gasteiger partial charge in [-0.05, 0) is 11.5 Å². The summed E-state index contributed by atoms with van der Waals surface area (Å²) in [6, 6.07) is 0. The zero-order valence-electron chi connectivity index (χ0n) is 7.36. The molecule has 0 aromatic heterocycles. The van der Waals surface area contributed by atoms with Crippen molar-refractivity contribution in [1.82, 2.24) is 0 Å². The van der Waals surface area contributed by atoms with Crippen molar-refractivity contribution in [2.24, 2.45) is 0 Å². The Bertz CT molecular complexity index is 213. The van der Waals surface area contributed by atoms with Gasteiger partial charge in [-0.25, -0.2) is 4.79 Å². The van der Waals surface area contributed by atoms with Crippen molar-refractivity contribution >= 4 is 14.0 Å². The molecule has 1 unspecified atom stereocenters. The smallest absolute Gasteiger partial charge is 0.458 e. The van der Waals surface area contributed by atoms with Crippen LogP contribution < -0.4 is 0 Å². The lowest BCUT2D eigenvalue weighted by atomic mass is 10.4. The zero-order valence-corrected chi connectivity index (χ0v) is 8.25. The third-order valence-electron chi connectivity index (χ3n) is 1.06. The summed E-state index contributed by atoms with van der Waals surface area (Å²) in [4.78, 5) is 10.8. The minimum Gasteiger partial charge on any atom is -0.458 e. The number of ether oxygens (including phenoxy) is 1. The molecule has 0 aliphatic carbocycles. The molecule has 74 valence electrons. The minimum absolute atomic E-state index is 0.000890. The summed E-state index contributed by atoms with van der Waals surface area (Å²) in [5, 5.41) is 8.21. The van der Waals surface area contributed by atoms with Crippen molar-refractivity contribution in [3.05, 3.63) is 12.2 Å². The monoisotopic (exact) mass is 207 g/mol. The largest absolute Gasteiger partial charge is 0.514 e. The van der Waals surface area contributed by atoms with Crippen LogP contribution in [0.5, 0.6) is 0 Å². The molecule has 0 amide bonds. The quantitative estimate of drug-likeness (QED) is 0.302. The second kappa shape index (κ2) is 6.71. The van der Waals surface area contributed by atoms with Crippen molar-refractivity contribution in [2.45, 2.75) is 6.92 Å². The van der Waals surface area contributed by atoms with Gasteiger partial charge in [0.15, 0.2) is 6.79 Å². The summed E-state index contributed by atoms with van der Waals surface area (Å²) in [5.41, 5.74) is 0.290. The maximum Gasteiger partial charge on any atom is 0.514 e. The number of rotatable bonds is 6. The second-order valence-electron chi connectivity index (χ2n) is 2.23. The molecule has 0 aromatic carbocycles. The average Bonchev–Trinajstić information content (AvgIpc) is 2.04. The summed E-state index contributed by atoms with van der Waals surface area (Å²) < 4.78 is 19.7. The second-order valence-corrected chi connectivity index (χ2v) is 3.60. The number of aliphatic hydroxyl groups excluding tert-OH is 1. The highest BCUT2D eigenvalue weighted by atomic mass is 31.1. The lowest BCUT2D eigenvalue weighted by molar-refractivity contribution is -0.138. The number of hydrogen-bond acceptors (Lipinski definition) is 5. The van der Waals surface area contributed by atoms with E-state index in [1.54, 1.807) is 0 Å². The van der Waals surface area contributed by atoms with Gasteiger partial charge in [0.05, 0.1) is 0 Å². The van der Waals surface area contributed by atoms with Crippen molar-refractivity contribution in [3.8, 4) is 0 Å². The van der Waals surface area contributed by atoms with Crippen LogP contribution in [-0.4, -0.2) is 30.6 Å². The Kier molecular flexibility index (Phi) is 6.32. The van der Waals surface area contributed by atoms with E-state index in [1.165, 1.54) is 6.92 Å². The van der Waals surface area contributed by atoms with Crippen LogP contribution in [0.2, 0.25) is 0 Å². The fraction of sp³-hybridized carbons (Fsp3) is 0.571.